The number of benzene rings is 1. The molecule has 100 valence electrons. The molecule has 0 spiro atoms. The van der Waals surface area contributed by atoms with Gasteiger partial charge in [-0.1, -0.05) is 36.0 Å². The summed E-state index contributed by atoms with van der Waals surface area (Å²) in [5.41, 5.74) is 0. The molecule has 0 radical (unpaired) electrons. The Bertz CT molecular complexity index is 624. The Morgan fingerprint density at radius 1 is 1.37 bits per heavy atom. The van der Waals surface area contributed by atoms with Crippen LogP contribution in [0.5, 0.6) is 0 Å². The number of sulfonamides is 1. The Hall–Kier alpha value is -1.60. The van der Waals surface area contributed by atoms with E-state index in [1.807, 2.05) is 0 Å². The quantitative estimate of drug-likeness (QED) is 0.790. The minimum absolute atomic E-state index is 0.112. The van der Waals surface area contributed by atoms with Crippen LogP contribution in [0, 0.1) is 0 Å². The van der Waals surface area contributed by atoms with Crippen molar-refractivity contribution in [2.75, 3.05) is 12.3 Å². The number of hydrogen-bond donors (Lipinski definition) is 0. The highest BCUT2D eigenvalue weighted by Gasteiger charge is 2.29. The maximum absolute atomic E-state index is 12.1. The minimum Gasteiger partial charge on any atom is -0.286 e. The Morgan fingerprint density at radius 2 is 2.05 bits per heavy atom. The van der Waals surface area contributed by atoms with Crippen LogP contribution >= 0.6 is 11.8 Å². The first-order chi connectivity index (χ1) is 9.04. The van der Waals surface area contributed by atoms with E-state index in [2.05, 4.69) is 11.0 Å². The first-order valence-electron chi connectivity index (χ1n) is 5.48. The van der Waals surface area contributed by atoms with Crippen LogP contribution in [0.25, 0.3) is 0 Å². The van der Waals surface area contributed by atoms with Crippen LogP contribution in [0.1, 0.15) is 0 Å². The lowest BCUT2D eigenvalue weighted by atomic mass is 10.4. The summed E-state index contributed by atoms with van der Waals surface area (Å²) in [6.07, 6.45) is 1.54. The van der Waals surface area contributed by atoms with Gasteiger partial charge in [-0.2, -0.15) is 8.42 Å². The lowest BCUT2D eigenvalue weighted by molar-refractivity contribution is -0.123. The summed E-state index contributed by atoms with van der Waals surface area (Å²) < 4.78 is 27.9. The fraction of sp³-hybridized carbons (Fsp3) is 0.167. The van der Waals surface area contributed by atoms with Crippen LogP contribution in [0.2, 0.25) is 0 Å². The molecule has 0 saturated carbocycles. The van der Waals surface area contributed by atoms with Crippen molar-refractivity contribution in [2.45, 2.75) is 4.90 Å². The first-order valence-corrected chi connectivity index (χ1v) is 7.91. The molecule has 0 N–H and O–H groups in total. The van der Waals surface area contributed by atoms with E-state index in [4.69, 9.17) is 0 Å². The molecule has 0 bridgehead atoms. The Labute approximate surface area is 116 Å². The molecule has 1 aromatic rings. The zero-order valence-electron chi connectivity index (χ0n) is 10.0. The van der Waals surface area contributed by atoms with Crippen molar-refractivity contribution in [3.8, 4) is 0 Å². The predicted molar refractivity (Wildman–Crippen MR) is 75.4 cm³/mol. The molecular formula is C12H12N2O3S2. The predicted octanol–water partition coefficient (Wildman–Crippen LogP) is 1.49. The fourth-order valence-electron chi connectivity index (χ4n) is 1.52. The SMILES string of the molecule is C=CCN1C(=O)CS/C1=N/S(=O)(=O)c1ccccc1. The van der Waals surface area contributed by atoms with Gasteiger partial charge in [0.15, 0.2) is 5.17 Å². The topological polar surface area (TPSA) is 66.8 Å². The molecule has 1 fully saturated rings. The van der Waals surface area contributed by atoms with Crippen LogP contribution in [0.4, 0.5) is 0 Å². The third-order valence-electron chi connectivity index (χ3n) is 2.41. The van der Waals surface area contributed by atoms with Crippen LogP contribution in [-0.2, 0) is 14.8 Å². The summed E-state index contributed by atoms with van der Waals surface area (Å²) in [4.78, 5) is 13.0. The number of amidine groups is 1. The third-order valence-corrected chi connectivity index (χ3v) is 4.77. The summed E-state index contributed by atoms with van der Waals surface area (Å²) in [5.74, 6) is 0.0451. The second-order valence-electron chi connectivity index (χ2n) is 3.74. The van der Waals surface area contributed by atoms with Crippen molar-refractivity contribution in [2.24, 2.45) is 4.40 Å². The molecule has 1 saturated heterocycles. The molecule has 1 amide bonds. The average Bonchev–Trinajstić information content (AvgIpc) is 2.73. The number of carbonyl (C=O) groups excluding carboxylic acids is 1. The second-order valence-corrected chi connectivity index (χ2v) is 6.29. The molecular weight excluding hydrogens is 284 g/mol. The van der Waals surface area contributed by atoms with Gasteiger partial charge in [0.2, 0.25) is 5.91 Å². The third kappa shape index (κ3) is 3.05. The standard InChI is InChI=1S/C12H12N2O3S2/c1-2-8-14-11(15)9-18-12(14)13-19(16,17)10-6-4-3-5-7-10/h2-7H,1,8-9H2/b13-12+. The molecule has 1 heterocycles. The van der Waals surface area contributed by atoms with E-state index in [1.54, 1.807) is 18.2 Å². The summed E-state index contributed by atoms with van der Waals surface area (Å²) in [5, 5.41) is 0.203. The number of thioether (sulfide) groups is 1. The number of rotatable bonds is 4. The zero-order chi connectivity index (χ0) is 13.9. The lowest BCUT2D eigenvalue weighted by Crippen LogP contribution is -2.30. The van der Waals surface area contributed by atoms with Gasteiger partial charge in [0.1, 0.15) is 0 Å². The molecule has 7 heteroatoms. The van der Waals surface area contributed by atoms with Crippen LogP contribution in [-0.4, -0.2) is 36.7 Å². The molecule has 1 aliphatic rings. The lowest BCUT2D eigenvalue weighted by Gasteiger charge is -2.12. The van der Waals surface area contributed by atoms with Gasteiger partial charge in [0.05, 0.1) is 10.6 Å². The van der Waals surface area contributed by atoms with Crippen molar-refractivity contribution in [1.82, 2.24) is 4.90 Å². The van der Waals surface area contributed by atoms with Crippen LogP contribution in [0.3, 0.4) is 0 Å². The molecule has 2 rings (SSSR count). The number of carbonyl (C=O) groups is 1. The largest absolute Gasteiger partial charge is 0.286 e. The Morgan fingerprint density at radius 3 is 2.68 bits per heavy atom. The summed E-state index contributed by atoms with van der Waals surface area (Å²) >= 11 is 1.12. The molecule has 0 aliphatic carbocycles. The molecule has 0 atom stereocenters. The molecule has 0 unspecified atom stereocenters. The minimum atomic E-state index is -3.78. The number of hydrogen-bond acceptors (Lipinski definition) is 4. The van der Waals surface area contributed by atoms with E-state index in [1.165, 1.54) is 23.1 Å². The van der Waals surface area contributed by atoms with Gasteiger partial charge >= 0.3 is 0 Å². The van der Waals surface area contributed by atoms with Crippen molar-refractivity contribution < 1.29 is 13.2 Å². The molecule has 19 heavy (non-hydrogen) atoms. The van der Waals surface area contributed by atoms with Gasteiger partial charge in [0, 0.05) is 6.54 Å². The van der Waals surface area contributed by atoms with Crippen molar-refractivity contribution in [1.29, 1.82) is 0 Å². The van der Waals surface area contributed by atoms with Crippen LogP contribution in [0.15, 0.2) is 52.3 Å². The van der Waals surface area contributed by atoms with Gasteiger partial charge in [-0.05, 0) is 12.1 Å². The van der Waals surface area contributed by atoms with Gasteiger partial charge < -0.3 is 0 Å². The zero-order valence-corrected chi connectivity index (χ0v) is 11.7. The highest BCUT2D eigenvalue weighted by atomic mass is 32.2. The number of amides is 1. The summed E-state index contributed by atoms with van der Waals surface area (Å²) in [7, 11) is -3.78. The van der Waals surface area contributed by atoms with Crippen molar-refractivity contribution in [3.05, 3.63) is 43.0 Å². The highest BCUT2D eigenvalue weighted by Crippen LogP contribution is 2.22. The Balaban J connectivity index is 2.35. The van der Waals surface area contributed by atoms with E-state index in [9.17, 15) is 13.2 Å². The van der Waals surface area contributed by atoms with Crippen molar-refractivity contribution >= 4 is 32.9 Å². The smallest absolute Gasteiger partial charge is 0.284 e. The van der Waals surface area contributed by atoms with E-state index in [-0.39, 0.29) is 28.3 Å². The maximum Gasteiger partial charge on any atom is 0.284 e. The van der Waals surface area contributed by atoms with E-state index < -0.39 is 10.0 Å². The molecule has 1 aliphatic heterocycles. The second kappa shape index (κ2) is 5.58. The fourth-order valence-corrected chi connectivity index (χ4v) is 3.68. The van der Waals surface area contributed by atoms with Gasteiger partial charge in [0.25, 0.3) is 10.0 Å². The summed E-state index contributed by atoms with van der Waals surface area (Å²) in [6, 6.07) is 7.92. The van der Waals surface area contributed by atoms with Gasteiger partial charge in [-0.3, -0.25) is 9.69 Å². The van der Waals surface area contributed by atoms with Crippen LogP contribution < -0.4 is 0 Å². The van der Waals surface area contributed by atoms with Crippen molar-refractivity contribution in [3.63, 3.8) is 0 Å². The summed E-state index contributed by atoms with van der Waals surface area (Å²) in [6.45, 7) is 3.80. The first kappa shape index (κ1) is 13.8. The normalized spacial score (nSPS) is 18.0. The van der Waals surface area contributed by atoms with Gasteiger partial charge in [-0.25, -0.2) is 0 Å². The van der Waals surface area contributed by atoms with Gasteiger partial charge in [-0.15, -0.1) is 11.0 Å². The Kier molecular flexibility index (Phi) is 4.06. The molecule has 1 aromatic carbocycles. The monoisotopic (exact) mass is 296 g/mol. The van der Waals surface area contributed by atoms with E-state index >= 15 is 0 Å². The molecule has 0 aromatic heterocycles. The maximum atomic E-state index is 12.1. The molecule has 5 nitrogen and oxygen atoms in total. The van der Waals surface area contributed by atoms with E-state index in [0.717, 1.165) is 11.8 Å². The van der Waals surface area contributed by atoms with E-state index in [0.29, 0.717) is 0 Å². The average molecular weight is 296 g/mol. The number of nitrogens with zero attached hydrogens (tertiary/aromatic N) is 2. The highest BCUT2D eigenvalue weighted by molar-refractivity contribution is 8.15.